The minimum atomic E-state index is 0.526. The summed E-state index contributed by atoms with van der Waals surface area (Å²) < 4.78 is 12.6. The fourth-order valence-electron chi connectivity index (χ4n) is 3.92. The quantitative estimate of drug-likeness (QED) is 0.382. The van der Waals surface area contributed by atoms with Gasteiger partial charge in [0.2, 0.25) is 0 Å². The SMILES string of the molecule is COc1ccc(-c2cnc3ncnn3c2NCc2ccccc2-c2ccccc2)cc1OC. The van der Waals surface area contributed by atoms with Crippen molar-refractivity contribution in [3.05, 3.63) is 90.9 Å². The molecule has 0 aliphatic heterocycles. The molecule has 3 aromatic carbocycles. The Morgan fingerprint density at radius 3 is 2.39 bits per heavy atom. The molecule has 7 nitrogen and oxygen atoms in total. The molecule has 0 aliphatic carbocycles. The van der Waals surface area contributed by atoms with E-state index in [-0.39, 0.29) is 0 Å². The van der Waals surface area contributed by atoms with Crippen LogP contribution in [0.15, 0.2) is 85.3 Å². The molecule has 0 amide bonds. The van der Waals surface area contributed by atoms with E-state index in [1.165, 1.54) is 23.0 Å². The molecule has 0 unspecified atom stereocenters. The Balaban J connectivity index is 1.56. The third-order valence-electron chi connectivity index (χ3n) is 5.55. The molecule has 0 aliphatic rings. The van der Waals surface area contributed by atoms with E-state index in [4.69, 9.17) is 9.47 Å². The van der Waals surface area contributed by atoms with Gasteiger partial charge in [-0.25, -0.2) is 4.98 Å². The fourth-order valence-corrected chi connectivity index (χ4v) is 3.92. The Morgan fingerprint density at radius 1 is 0.788 bits per heavy atom. The third-order valence-corrected chi connectivity index (χ3v) is 5.55. The maximum atomic E-state index is 5.50. The molecule has 33 heavy (non-hydrogen) atoms. The van der Waals surface area contributed by atoms with Crippen LogP contribution in [0.5, 0.6) is 11.5 Å². The number of benzene rings is 3. The molecule has 0 fully saturated rings. The van der Waals surface area contributed by atoms with E-state index >= 15 is 0 Å². The smallest absolute Gasteiger partial charge is 0.254 e. The van der Waals surface area contributed by atoms with Crippen LogP contribution in [0.4, 0.5) is 5.82 Å². The summed E-state index contributed by atoms with van der Waals surface area (Å²) in [5.74, 6) is 2.64. The molecule has 0 spiro atoms. The van der Waals surface area contributed by atoms with Crippen LogP contribution in [0, 0.1) is 0 Å². The van der Waals surface area contributed by atoms with Crippen molar-refractivity contribution in [3.63, 3.8) is 0 Å². The molecule has 0 saturated heterocycles. The summed E-state index contributed by atoms with van der Waals surface area (Å²) in [6.45, 7) is 0.602. The topological polar surface area (TPSA) is 73.6 Å². The van der Waals surface area contributed by atoms with Gasteiger partial charge in [-0.15, -0.1) is 0 Å². The van der Waals surface area contributed by atoms with Gasteiger partial charge in [-0.05, 0) is 34.4 Å². The summed E-state index contributed by atoms with van der Waals surface area (Å²) >= 11 is 0. The van der Waals surface area contributed by atoms with Gasteiger partial charge < -0.3 is 14.8 Å². The maximum Gasteiger partial charge on any atom is 0.254 e. The first-order valence-electron chi connectivity index (χ1n) is 10.6. The molecule has 5 rings (SSSR count). The lowest BCUT2D eigenvalue weighted by molar-refractivity contribution is 0.355. The third kappa shape index (κ3) is 3.96. The number of methoxy groups -OCH3 is 2. The average Bonchev–Trinajstić information content (AvgIpc) is 3.37. The summed E-state index contributed by atoms with van der Waals surface area (Å²) in [4.78, 5) is 8.73. The molecule has 1 N–H and O–H groups in total. The van der Waals surface area contributed by atoms with Gasteiger partial charge in [-0.3, -0.25) is 0 Å². The highest BCUT2D eigenvalue weighted by molar-refractivity contribution is 5.78. The largest absolute Gasteiger partial charge is 0.493 e. The molecule has 5 aromatic rings. The van der Waals surface area contributed by atoms with Crippen LogP contribution in [0.3, 0.4) is 0 Å². The van der Waals surface area contributed by atoms with E-state index in [9.17, 15) is 0 Å². The molecule has 0 atom stereocenters. The number of anilines is 1. The number of nitrogens with zero attached hydrogens (tertiary/aromatic N) is 4. The summed E-state index contributed by atoms with van der Waals surface area (Å²) in [6, 6.07) is 24.5. The molecule has 2 heterocycles. The van der Waals surface area contributed by atoms with Gasteiger partial charge in [-0.2, -0.15) is 14.6 Å². The minimum absolute atomic E-state index is 0.526. The van der Waals surface area contributed by atoms with E-state index in [1.54, 1.807) is 24.9 Å². The van der Waals surface area contributed by atoms with Gasteiger partial charge in [0.15, 0.2) is 11.5 Å². The van der Waals surface area contributed by atoms with Gasteiger partial charge in [0.1, 0.15) is 12.1 Å². The summed E-state index contributed by atoms with van der Waals surface area (Å²) in [5.41, 5.74) is 5.34. The molecule has 164 valence electrons. The molecule has 0 bridgehead atoms. The Hall–Kier alpha value is -4.39. The van der Waals surface area contributed by atoms with E-state index in [0.717, 1.165) is 16.9 Å². The second-order valence-corrected chi connectivity index (χ2v) is 7.44. The van der Waals surface area contributed by atoms with Gasteiger partial charge in [0.05, 0.1) is 14.2 Å². The standard InChI is InChI=1S/C26H23N5O2/c1-32-23-13-12-19(14-24(23)33-2)22-16-28-26-29-17-30-31(26)25(22)27-15-20-10-6-7-11-21(20)18-8-4-3-5-9-18/h3-14,16-17,27H,15H2,1-2H3. The van der Waals surface area contributed by atoms with Gasteiger partial charge in [0, 0.05) is 18.3 Å². The summed E-state index contributed by atoms with van der Waals surface area (Å²) in [7, 11) is 3.25. The molecular formula is C26H23N5O2. The van der Waals surface area contributed by atoms with Gasteiger partial charge in [0.25, 0.3) is 5.78 Å². The lowest BCUT2D eigenvalue weighted by Crippen LogP contribution is -2.09. The highest BCUT2D eigenvalue weighted by Gasteiger charge is 2.15. The van der Waals surface area contributed by atoms with E-state index in [1.807, 2.05) is 24.3 Å². The van der Waals surface area contributed by atoms with Crippen LogP contribution >= 0.6 is 0 Å². The second kappa shape index (κ2) is 9.00. The number of aromatic nitrogens is 4. The number of nitrogens with one attached hydrogen (secondary N) is 1. The number of rotatable bonds is 7. The molecule has 2 aromatic heterocycles. The molecule has 0 radical (unpaired) electrons. The van der Waals surface area contributed by atoms with Crippen LogP contribution < -0.4 is 14.8 Å². The Morgan fingerprint density at radius 2 is 1.58 bits per heavy atom. The lowest BCUT2D eigenvalue weighted by atomic mass is 9.99. The zero-order valence-electron chi connectivity index (χ0n) is 18.4. The molecular weight excluding hydrogens is 414 g/mol. The van der Waals surface area contributed by atoms with Crippen LogP contribution in [0.1, 0.15) is 5.56 Å². The van der Waals surface area contributed by atoms with Gasteiger partial charge in [-0.1, -0.05) is 60.7 Å². The predicted molar refractivity (Wildman–Crippen MR) is 129 cm³/mol. The van der Waals surface area contributed by atoms with E-state index < -0.39 is 0 Å². The van der Waals surface area contributed by atoms with Crippen LogP contribution in [0.25, 0.3) is 28.0 Å². The second-order valence-electron chi connectivity index (χ2n) is 7.44. The van der Waals surface area contributed by atoms with E-state index in [0.29, 0.717) is 23.8 Å². The van der Waals surface area contributed by atoms with Crippen LogP contribution in [0.2, 0.25) is 0 Å². The Labute approximate surface area is 191 Å². The summed E-state index contributed by atoms with van der Waals surface area (Å²) in [6.07, 6.45) is 3.31. The Bertz CT molecular complexity index is 1400. The minimum Gasteiger partial charge on any atom is -0.493 e. The van der Waals surface area contributed by atoms with Crippen molar-refractivity contribution in [1.29, 1.82) is 0 Å². The maximum absolute atomic E-state index is 5.50. The first kappa shape index (κ1) is 20.5. The first-order chi connectivity index (χ1) is 16.3. The van der Waals surface area contributed by atoms with Crippen molar-refractivity contribution < 1.29 is 9.47 Å². The van der Waals surface area contributed by atoms with Crippen molar-refractivity contribution in [2.75, 3.05) is 19.5 Å². The number of fused-ring (bicyclic) bond motifs is 1. The normalized spacial score (nSPS) is 10.8. The van der Waals surface area contributed by atoms with Crippen molar-refractivity contribution in [3.8, 4) is 33.8 Å². The number of hydrogen-bond acceptors (Lipinski definition) is 6. The number of ether oxygens (including phenoxy) is 2. The van der Waals surface area contributed by atoms with E-state index in [2.05, 4.69) is 68.9 Å². The monoisotopic (exact) mass is 437 g/mol. The summed E-state index contributed by atoms with van der Waals surface area (Å²) in [5, 5.41) is 7.98. The molecule has 7 heteroatoms. The van der Waals surface area contributed by atoms with Crippen molar-refractivity contribution in [2.45, 2.75) is 6.54 Å². The lowest BCUT2D eigenvalue weighted by Gasteiger charge is -2.16. The zero-order valence-corrected chi connectivity index (χ0v) is 18.4. The number of hydrogen-bond donors (Lipinski definition) is 1. The predicted octanol–water partition coefficient (Wildman–Crippen LogP) is 5.09. The Kier molecular flexibility index (Phi) is 5.59. The van der Waals surface area contributed by atoms with Gasteiger partial charge >= 0.3 is 0 Å². The fraction of sp³-hybridized carbons (Fsp3) is 0.115. The van der Waals surface area contributed by atoms with Crippen LogP contribution in [-0.4, -0.2) is 33.8 Å². The highest BCUT2D eigenvalue weighted by atomic mass is 16.5. The van der Waals surface area contributed by atoms with Crippen molar-refractivity contribution in [1.82, 2.24) is 19.6 Å². The van der Waals surface area contributed by atoms with Crippen LogP contribution in [-0.2, 0) is 6.54 Å². The zero-order chi connectivity index (χ0) is 22.6. The molecule has 0 saturated carbocycles. The van der Waals surface area contributed by atoms with Crippen molar-refractivity contribution >= 4 is 11.6 Å². The average molecular weight is 438 g/mol. The highest BCUT2D eigenvalue weighted by Crippen LogP contribution is 2.35. The van der Waals surface area contributed by atoms with Crippen molar-refractivity contribution in [2.24, 2.45) is 0 Å². The first-order valence-corrected chi connectivity index (χ1v) is 10.6.